The summed E-state index contributed by atoms with van der Waals surface area (Å²) >= 11 is 4.95. The Kier molecular flexibility index (Phi) is 3.98. The van der Waals surface area contributed by atoms with Crippen LogP contribution >= 0.6 is 12.2 Å². The number of nitrogens with one attached hydrogen (secondary N) is 2. The first kappa shape index (κ1) is 13.8. The molecular weight excluding hydrogens is 240 g/mol. The van der Waals surface area contributed by atoms with Crippen molar-refractivity contribution in [2.45, 2.75) is 33.6 Å². The average molecular weight is 256 g/mol. The molecular formula is C11H16N2O3S. The van der Waals surface area contributed by atoms with Crippen LogP contribution in [0.15, 0.2) is 0 Å². The van der Waals surface area contributed by atoms with Crippen LogP contribution in [0.3, 0.4) is 0 Å². The molecule has 0 aromatic rings. The molecule has 0 spiro atoms. The third kappa shape index (κ3) is 3.59. The molecule has 0 radical (unpaired) electrons. The molecule has 1 fully saturated rings. The molecule has 1 saturated carbocycles. The highest BCUT2D eigenvalue weighted by Gasteiger charge is 2.41. The van der Waals surface area contributed by atoms with E-state index >= 15 is 0 Å². The van der Waals surface area contributed by atoms with Crippen molar-refractivity contribution < 1.29 is 14.4 Å². The van der Waals surface area contributed by atoms with Crippen LogP contribution in [0.4, 0.5) is 0 Å². The highest BCUT2D eigenvalue weighted by Crippen LogP contribution is 2.34. The van der Waals surface area contributed by atoms with Crippen LogP contribution in [0, 0.1) is 11.3 Å². The van der Waals surface area contributed by atoms with Gasteiger partial charge in [0.05, 0.1) is 0 Å². The molecule has 0 unspecified atom stereocenters. The van der Waals surface area contributed by atoms with E-state index in [0.717, 1.165) is 0 Å². The van der Waals surface area contributed by atoms with Gasteiger partial charge in [-0.2, -0.15) is 0 Å². The molecule has 17 heavy (non-hydrogen) atoms. The zero-order valence-electron chi connectivity index (χ0n) is 10.1. The maximum Gasteiger partial charge on any atom is 0.235 e. The van der Waals surface area contributed by atoms with Crippen molar-refractivity contribution in [2.75, 3.05) is 0 Å². The SMILES string of the molecule is CC(=O)NNC(=S)C1C(=O)CC(C)(C)CC1=O. The number of Topliss-reactive ketones (excluding diaryl/α,β-unsaturated/α-hetero) is 2. The lowest BCUT2D eigenvalue weighted by atomic mass is 9.71. The van der Waals surface area contributed by atoms with Crippen LogP contribution in [-0.2, 0) is 14.4 Å². The lowest BCUT2D eigenvalue weighted by Crippen LogP contribution is -2.50. The fourth-order valence-corrected chi connectivity index (χ4v) is 2.22. The Balaban J connectivity index is 2.71. The second-order valence-electron chi connectivity index (χ2n) is 5.05. The van der Waals surface area contributed by atoms with Crippen LogP contribution in [0.2, 0.25) is 0 Å². The summed E-state index contributed by atoms with van der Waals surface area (Å²) in [7, 11) is 0. The molecule has 94 valence electrons. The molecule has 6 heteroatoms. The Morgan fingerprint density at radius 1 is 1.24 bits per heavy atom. The van der Waals surface area contributed by atoms with Gasteiger partial charge in [-0.05, 0) is 5.41 Å². The second kappa shape index (κ2) is 4.91. The van der Waals surface area contributed by atoms with Gasteiger partial charge in [0.25, 0.3) is 0 Å². The summed E-state index contributed by atoms with van der Waals surface area (Å²) in [6.45, 7) is 5.07. The van der Waals surface area contributed by atoms with E-state index in [2.05, 4.69) is 10.9 Å². The second-order valence-corrected chi connectivity index (χ2v) is 5.49. The first-order valence-electron chi connectivity index (χ1n) is 5.35. The summed E-state index contributed by atoms with van der Waals surface area (Å²) in [5, 5.41) is 0. The Bertz CT molecular complexity index is 370. The zero-order valence-corrected chi connectivity index (χ0v) is 10.9. The van der Waals surface area contributed by atoms with Gasteiger partial charge >= 0.3 is 0 Å². The van der Waals surface area contributed by atoms with Gasteiger partial charge in [-0.3, -0.25) is 25.2 Å². The van der Waals surface area contributed by atoms with Gasteiger partial charge in [0.1, 0.15) is 10.9 Å². The third-order valence-electron chi connectivity index (χ3n) is 2.57. The van der Waals surface area contributed by atoms with E-state index in [-0.39, 0.29) is 27.9 Å². The predicted molar refractivity (Wildman–Crippen MR) is 66.1 cm³/mol. The monoisotopic (exact) mass is 256 g/mol. The first-order chi connectivity index (χ1) is 7.73. The van der Waals surface area contributed by atoms with E-state index in [1.807, 2.05) is 13.8 Å². The summed E-state index contributed by atoms with van der Waals surface area (Å²) < 4.78 is 0. The molecule has 1 aliphatic carbocycles. The number of hydrogen-bond acceptors (Lipinski definition) is 4. The lowest BCUT2D eigenvalue weighted by Gasteiger charge is -2.32. The predicted octanol–water partition coefficient (Wildman–Crippen LogP) is 0.529. The minimum absolute atomic E-state index is 0.0747. The summed E-state index contributed by atoms with van der Waals surface area (Å²) in [5.74, 6) is -1.61. The van der Waals surface area contributed by atoms with Crippen LogP contribution in [0.25, 0.3) is 0 Å². The van der Waals surface area contributed by atoms with Gasteiger partial charge in [0.2, 0.25) is 5.91 Å². The quantitative estimate of drug-likeness (QED) is 0.406. The number of amides is 1. The number of carbonyl (C=O) groups is 3. The van der Waals surface area contributed by atoms with Gasteiger partial charge < -0.3 is 0 Å². The number of ketones is 2. The fourth-order valence-electron chi connectivity index (χ4n) is 1.90. The van der Waals surface area contributed by atoms with Gasteiger partial charge in [-0.15, -0.1) is 0 Å². The van der Waals surface area contributed by atoms with E-state index in [1.165, 1.54) is 6.92 Å². The average Bonchev–Trinajstić information content (AvgIpc) is 2.11. The number of thiocarbonyl (C=S) groups is 1. The minimum Gasteiger partial charge on any atom is -0.298 e. The van der Waals surface area contributed by atoms with Crippen LogP contribution in [0.5, 0.6) is 0 Å². The highest BCUT2D eigenvalue weighted by molar-refractivity contribution is 7.80. The fraction of sp³-hybridized carbons (Fsp3) is 0.636. The summed E-state index contributed by atoms with van der Waals surface area (Å²) in [4.78, 5) is 34.5. The molecule has 0 heterocycles. The van der Waals surface area contributed by atoms with Crippen molar-refractivity contribution in [3.8, 4) is 0 Å². The molecule has 2 N–H and O–H groups in total. The molecule has 0 aromatic carbocycles. The molecule has 0 bridgehead atoms. The molecule has 1 rings (SSSR count). The van der Waals surface area contributed by atoms with Crippen LogP contribution < -0.4 is 10.9 Å². The van der Waals surface area contributed by atoms with Gasteiger partial charge in [-0.25, -0.2) is 0 Å². The summed E-state index contributed by atoms with van der Waals surface area (Å²) in [6, 6.07) is 0. The Hall–Kier alpha value is -1.30. The molecule has 0 aromatic heterocycles. The van der Waals surface area contributed by atoms with E-state index in [4.69, 9.17) is 12.2 Å². The first-order valence-corrected chi connectivity index (χ1v) is 5.75. The number of hydrazine groups is 1. The highest BCUT2D eigenvalue weighted by atomic mass is 32.1. The Morgan fingerprint density at radius 3 is 2.12 bits per heavy atom. The van der Waals surface area contributed by atoms with E-state index in [0.29, 0.717) is 12.8 Å². The molecule has 5 nitrogen and oxygen atoms in total. The number of hydrogen-bond donors (Lipinski definition) is 2. The van der Waals surface area contributed by atoms with Gasteiger partial charge in [-0.1, -0.05) is 26.1 Å². The lowest BCUT2D eigenvalue weighted by molar-refractivity contribution is -0.136. The van der Waals surface area contributed by atoms with Crippen molar-refractivity contribution >= 4 is 34.7 Å². The molecule has 1 aliphatic rings. The number of carbonyl (C=O) groups excluding carboxylic acids is 3. The summed E-state index contributed by atoms with van der Waals surface area (Å²) in [5.41, 5.74) is 4.40. The van der Waals surface area contributed by atoms with Crippen molar-refractivity contribution in [1.29, 1.82) is 0 Å². The largest absolute Gasteiger partial charge is 0.298 e. The van der Waals surface area contributed by atoms with E-state index in [9.17, 15) is 14.4 Å². The topological polar surface area (TPSA) is 75.3 Å². The normalized spacial score (nSPS) is 19.9. The van der Waals surface area contributed by atoms with Gasteiger partial charge in [0, 0.05) is 19.8 Å². The molecule has 0 saturated heterocycles. The third-order valence-corrected chi connectivity index (χ3v) is 2.91. The van der Waals surface area contributed by atoms with Crippen LogP contribution in [0.1, 0.15) is 33.6 Å². The van der Waals surface area contributed by atoms with Gasteiger partial charge in [0.15, 0.2) is 11.6 Å². The summed E-state index contributed by atoms with van der Waals surface area (Å²) in [6.07, 6.45) is 0.649. The number of rotatable bonds is 1. The van der Waals surface area contributed by atoms with Crippen molar-refractivity contribution in [1.82, 2.24) is 10.9 Å². The smallest absolute Gasteiger partial charge is 0.235 e. The molecule has 0 aliphatic heterocycles. The maximum absolute atomic E-state index is 11.8. The molecule has 0 atom stereocenters. The Morgan fingerprint density at radius 2 is 1.71 bits per heavy atom. The van der Waals surface area contributed by atoms with E-state index < -0.39 is 5.92 Å². The standard InChI is InChI=1S/C11H16N2O3S/c1-6(14)12-13-10(17)9-7(15)4-11(2,3)5-8(9)16/h9H,4-5H2,1-3H3,(H,12,14)(H,13,17). The van der Waals surface area contributed by atoms with Crippen molar-refractivity contribution in [3.05, 3.63) is 0 Å². The molecule has 1 amide bonds. The zero-order chi connectivity index (χ0) is 13.2. The maximum atomic E-state index is 11.8. The van der Waals surface area contributed by atoms with E-state index in [1.54, 1.807) is 0 Å². The van der Waals surface area contributed by atoms with Crippen molar-refractivity contribution in [3.63, 3.8) is 0 Å². The Labute approximate surface area is 105 Å². The minimum atomic E-state index is -0.912. The van der Waals surface area contributed by atoms with Crippen LogP contribution in [-0.4, -0.2) is 22.5 Å². The van der Waals surface area contributed by atoms with Crippen molar-refractivity contribution in [2.24, 2.45) is 11.3 Å².